The molecule has 6 nitrogen and oxygen atoms in total. The highest BCUT2D eigenvalue weighted by Gasteiger charge is 2.39. The van der Waals surface area contributed by atoms with Crippen molar-refractivity contribution in [3.8, 4) is 0 Å². The van der Waals surface area contributed by atoms with Gasteiger partial charge < -0.3 is 14.7 Å². The number of anilines is 1. The van der Waals surface area contributed by atoms with Crippen LogP contribution >= 0.6 is 0 Å². The Hall–Kier alpha value is -2.37. The fourth-order valence-electron chi connectivity index (χ4n) is 5.55. The topological polar surface area (TPSA) is 60.9 Å². The van der Waals surface area contributed by atoms with Crippen molar-refractivity contribution in [2.24, 2.45) is 23.7 Å². The molecule has 3 aliphatic rings. The predicted octanol–water partition coefficient (Wildman–Crippen LogP) is 3.09. The van der Waals surface area contributed by atoms with E-state index in [1.165, 1.54) is 6.42 Å². The summed E-state index contributed by atoms with van der Waals surface area (Å²) in [7, 11) is 0. The van der Waals surface area contributed by atoms with Gasteiger partial charge >= 0.3 is 0 Å². The minimum absolute atomic E-state index is 0.0144. The lowest BCUT2D eigenvalue weighted by Gasteiger charge is -2.39. The van der Waals surface area contributed by atoms with Crippen LogP contribution in [0, 0.1) is 30.6 Å². The van der Waals surface area contributed by atoms with Crippen molar-refractivity contribution in [2.75, 3.05) is 37.6 Å². The first kappa shape index (κ1) is 21.8. The molecule has 31 heavy (non-hydrogen) atoms. The number of piperidine rings is 2. The molecule has 0 aromatic heterocycles. The summed E-state index contributed by atoms with van der Waals surface area (Å²) < 4.78 is 0. The highest BCUT2D eigenvalue weighted by atomic mass is 16.2. The lowest BCUT2D eigenvalue weighted by atomic mass is 9.89. The largest absolute Gasteiger partial charge is 0.342 e. The number of aryl methyl sites for hydroxylation is 1. The Morgan fingerprint density at radius 3 is 2.03 bits per heavy atom. The van der Waals surface area contributed by atoms with Crippen LogP contribution in [0.3, 0.4) is 0 Å². The van der Waals surface area contributed by atoms with Gasteiger partial charge in [-0.2, -0.15) is 0 Å². The number of likely N-dealkylation sites (tertiary alicyclic amines) is 2. The first-order valence-corrected chi connectivity index (χ1v) is 11.8. The predicted molar refractivity (Wildman–Crippen MR) is 120 cm³/mol. The third-order valence-corrected chi connectivity index (χ3v) is 7.16. The second kappa shape index (κ2) is 9.01. The summed E-state index contributed by atoms with van der Waals surface area (Å²) in [6.07, 6.45) is 2.92. The summed E-state index contributed by atoms with van der Waals surface area (Å²) in [5.41, 5.74) is 2.01. The first-order valence-electron chi connectivity index (χ1n) is 11.8. The van der Waals surface area contributed by atoms with Gasteiger partial charge in [0, 0.05) is 50.7 Å². The molecule has 0 unspecified atom stereocenters. The minimum Gasteiger partial charge on any atom is -0.342 e. The van der Waals surface area contributed by atoms with E-state index in [1.54, 1.807) is 4.90 Å². The molecule has 3 fully saturated rings. The van der Waals surface area contributed by atoms with Gasteiger partial charge in [-0.05, 0) is 50.2 Å². The van der Waals surface area contributed by atoms with Gasteiger partial charge in [0.05, 0.1) is 5.92 Å². The summed E-state index contributed by atoms with van der Waals surface area (Å²) in [5, 5.41) is 0. The van der Waals surface area contributed by atoms with Crippen molar-refractivity contribution >= 4 is 23.4 Å². The molecular formula is C25H35N3O3. The van der Waals surface area contributed by atoms with Crippen LogP contribution in [0.4, 0.5) is 5.69 Å². The number of hydrogen-bond acceptors (Lipinski definition) is 3. The van der Waals surface area contributed by atoms with Crippen molar-refractivity contribution in [2.45, 2.75) is 46.5 Å². The number of rotatable bonds is 3. The van der Waals surface area contributed by atoms with E-state index in [1.807, 2.05) is 36.1 Å². The molecule has 0 aliphatic carbocycles. The van der Waals surface area contributed by atoms with Crippen molar-refractivity contribution in [3.63, 3.8) is 0 Å². The van der Waals surface area contributed by atoms with Crippen LogP contribution in [-0.2, 0) is 14.4 Å². The Kier molecular flexibility index (Phi) is 6.35. The number of hydrogen-bond donors (Lipinski definition) is 0. The molecule has 1 aromatic rings. The van der Waals surface area contributed by atoms with E-state index in [9.17, 15) is 14.4 Å². The van der Waals surface area contributed by atoms with E-state index in [0.29, 0.717) is 31.5 Å². The van der Waals surface area contributed by atoms with Crippen LogP contribution in [0.2, 0.25) is 0 Å². The molecule has 168 valence electrons. The van der Waals surface area contributed by atoms with E-state index < -0.39 is 0 Å². The van der Waals surface area contributed by atoms with E-state index in [-0.39, 0.29) is 36.0 Å². The van der Waals surface area contributed by atoms with Gasteiger partial charge in [-0.25, -0.2) is 0 Å². The fraction of sp³-hybridized carbons (Fsp3) is 0.640. The van der Waals surface area contributed by atoms with Crippen LogP contribution in [-0.4, -0.2) is 60.2 Å². The maximum Gasteiger partial charge on any atom is 0.228 e. The van der Waals surface area contributed by atoms with Crippen molar-refractivity contribution in [1.82, 2.24) is 9.80 Å². The quantitative estimate of drug-likeness (QED) is 0.748. The molecule has 4 rings (SSSR count). The van der Waals surface area contributed by atoms with Gasteiger partial charge in [-0.1, -0.05) is 31.5 Å². The van der Waals surface area contributed by atoms with Gasteiger partial charge in [0.15, 0.2) is 0 Å². The van der Waals surface area contributed by atoms with Gasteiger partial charge in [-0.15, -0.1) is 0 Å². The van der Waals surface area contributed by atoms with Crippen molar-refractivity contribution in [3.05, 3.63) is 29.8 Å². The molecule has 1 aromatic carbocycles. The molecule has 3 heterocycles. The van der Waals surface area contributed by atoms with Gasteiger partial charge in [0.1, 0.15) is 0 Å². The third-order valence-electron chi connectivity index (χ3n) is 7.16. The summed E-state index contributed by atoms with van der Waals surface area (Å²) >= 11 is 0. The lowest BCUT2D eigenvalue weighted by Crippen LogP contribution is -2.49. The maximum absolute atomic E-state index is 13.1. The zero-order valence-electron chi connectivity index (χ0n) is 19.0. The Bertz CT molecular complexity index is 819. The van der Waals surface area contributed by atoms with E-state index in [4.69, 9.17) is 0 Å². The number of benzene rings is 1. The Morgan fingerprint density at radius 2 is 1.42 bits per heavy atom. The van der Waals surface area contributed by atoms with E-state index in [0.717, 1.165) is 37.2 Å². The number of carbonyl (C=O) groups is 3. The zero-order valence-corrected chi connectivity index (χ0v) is 19.0. The highest BCUT2D eigenvalue weighted by Crippen LogP contribution is 2.29. The molecular weight excluding hydrogens is 390 g/mol. The monoisotopic (exact) mass is 425 g/mol. The van der Waals surface area contributed by atoms with Crippen molar-refractivity contribution < 1.29 is 14.4 Å². The summed E-state index contributed by atoms with van der Waals surface area (Å²) in [6, 6.07) is 7.87. The first-order chi connectivity index (χ1) is 14.8. The van der Waals surface area contributed by atoms with Crippen LogP contribution in [0.15, 0.2) is 24.3 Å². The Balaban J connectivity index is 1.31. The average Bonchev–Trinajstić information content (AvgIpc) is 3.14. The van der Waals surface area contributed by atoms with Gasteiger partial charge in [0.2, 0.25) is 17.7 Å². The lowest BCUT2D eigenvalue weighted by molar-refractivity contribution is -0.144. The molecule has 3 aliphatic heterocycles. The summed E-state index contributed by atoms with van der Waals surface area (Å²) in [6.45, 7) is 9.86. The second-order valence-electron chi connectivity index (χ2n) is 10.0. The van der Waals surface area contributed by atoms with E-state index >= 15 is 0 Å². The Labute approximate surface area is 185 Å². The van der Waals surface area contributed by atoms with Crippen molar-refractivity contribution in [1.29, 1.82) is 0 Å². The van der Waals surface area contributed by atoms with Crippen LogP contribution < -0.4 is 4.90 Å². The molecule has 6 heteroatoms. The third kappa shape index (κ3) is 4.78. The highest BCUT2D eigenvalue weighted by molar-refractivity contribution is 6.00. The number of amides is 3. The molecule has 3 amide bonds. The number of nitrogens with zero attached hydrogens (tertiary/aromatic N) is 3. The van der Waals surface area contributed by atoms with E-state index in [2.05, 4.69) is 18.7 Å². The molecule has 0 bridgehead atoms. The molecule has 3 atom stereocenters. The fourth-order valence-corrected chi connectivity index (χ4v) is 5.55. The Morgan fingerprint density at radius 1 is 0.839 bits per heavy atom. The molecule has 3 saturated heterocycles. The summed E-state index contributed by atoms with van der Waals surface area (Å²) in [5.74, 6) is 1.21. The minimum atomic E-state index is -0.287. The van der Waals surface area contributed by atoms with Gasteiger partial charge in [0.25, 0.3) is 0 Å². The van der Waals surface area contributed by atoms with Gasteiger partial charge in [-0.3, -0.25) is 14.4 Å². The SMILES string of the molecule is Cc1ccc(N2C[C@@H](C(=O)N3CCC(C(=O)N4C[C@@H](C)C[C@H](C)C4)CC3)CC2=O)cc1. The molecule has 0 radical (unpaired) electrons. The standard InChI is InChI=1S/C25H35N3O3/c1-17-4-6-22(7-5-17)28-16-21(13-23(28)29)25(31)26-10-8-20(9-11-26)24(30)27-14-18(2)12-19(3)15-27/h4-7,18-21H,8-16H2,1-3H3/t18-,19-,21-/m0/s1. The second-order valence-corrected chi connectivity index (χ2v) is 10.0. The molecule has 0 saturated carbocycles. The normalized spacial score (nSPS) is 27.6. The summed E-state index contributed by atoms with van der Waals surface area (Å²) in [4.78, 5) is 44.3. The molecule has 0 N–H and O–H groups in total. The van der Waals surface area contributed by atoms with Crippen LogP contribution in [0.1, 0.15) is 45.1 Å². The van der Waals surface area contributed by atoms with Crippen LogP contribution in [0.25, 0.3) is 0 Å². The maximum atomic E-state index is 13.1. The van der Waals surface area contributed by atoms with Crippen LogP contribution in [0.5, 0.6) is 0 Å². The smallest absolute Gasteiger partial charge is 0.228 e. The average molecular weight is 426 g/mol. The zero-order chi connectivity index (χ0) is 22.1. The molecule has 0 spiro atoms. The number of carbonyl (C=O) groups excluding carboxylic acids is 3.